The van der Waals surface area contributed by atoms with Gasteiger partial charge in [-0.1, -0.05) is 23.7 Å². The Morgan fingerprint density at radius 3 is 2.38 bits per heavy atom. The molecule has 108 valence electrons. The highest BCUT2D eigenvalue weighted by Gasteiger charge is 2.19. The lowest BCUT2D eigenvalue weighted by molar-refractivity contribution is -0.148. The lowest BCUT2D eigenvalue weighted by Crippen LogP contribution is -2.19. The maximum atomic E-state index is 12.0. The van der Waals surface area contributed by atoms with Crippen LogP contribution in [-0.2, 0) is 16.1 Å². The summed E-state index contributed by atoms with van der Waals surface area (Å²) < 4.78 is 1.67. The van der Waals surface area contributed by atoms with Crippen molar-refractivity contribution in [3.63, 3.8) is 0 Å². The van der Waals surface area contributed by atoms with Gasteiger partial charge < -0.3 is 9.67 Å². The predicted molar refractivity (Wildman–Crippen MR) is 76.6 cm³/mol. The number of carbonyl (C=O) groups is 3. The average Bonchev–Trinajstić information content (AvgIpc) is 2.89. The number of nitrogens with zero attached hydrogens (tertiary/aromatic N) is 1. The van der Waals surface area contributed by atoms with E-state index < -0.39 is 24.0 Å². The number of Topliss-reactive ketones (excluding diaryl/α,β-unsaturated/α-hetero) is 2. The minimum absolute atomic E-state index is 0.305. The molecule has 0 saturated heterocycles. The van der Waals surface area contributed by atoms with Gasteiger partial charge in [0.05, 0.1) is 12.1 Å². The molecule has 6 heteroatoms. The van der Waals surface area contributed by atoms with Crippen molar-refractivity contribution < 1.29 is 19.5 Å². The van der Waals surface area contributed by atoms with Crippen molar-refractivity contribution in [1.29, 1.82) is 0 Å². The highest BCUT2D eigenvalue weighted by molar-refractivity contribution is 6.37. The molecule has 21 heavy (non-hydrogen) atoms. The lowest BCUT2D eigenvalue weighted by Gasteiger charge is -2.08. The van der Waals surface area contributed by atoms with Gasteiger partial charge in [0.1, 0.15) is 0 Å². The van der Waals surface area contributed by atoms with Gasteiger partial charge in [-0.3, -0.25) is 9.59 Å². The number of aromatic nitrogens is 1. The largest absolute Gasteiger partial charge is 0.475 e. The molecule has 1 aromatic carbocycles. The van der Waals surface area contributed by atoms with Crippen molar-refractivity contribution in [3.05, 3.63) is 58.9 Å². The van der Waals surface area contributed by atoms with Gasteiger partial charge in [0, 0.05) is 17.8 Å². The number of halogens is 1. The summed E-state index contributed by atoms with van der Waals surface area (Å²) in [4.78, 5) is 33.6. The number of benzene rings is 1. The second-order valence-corrected chi connectivity index (χ2v) is 4.91. The van der Waals surface area contributed by atoms with Gasteiger partial charge in [-0.2, -0.15) is 0 Å². The molecule has 0 unspecified atom stereocenters. The third-order valence-corrected chi connectivity index (χ3v) is 3.19. The monoisotopic (exact) mass is 305 g/mol. The van der Waals surface area contributed by atoms with Crippen LogP contribution in [-0.4, -0.2) is 27.2 Å². The third-order valence-electron chi connectivity index (χ3n) is 2.94. The van der Waals surface area contributed by atoms with E-state index in [1.165, 1.54) is 0 Å². The quantitative estimate of drug-likeness (QED) is 0.505. The first-order valence-electron chi connectivity index (χ1n) is 6.16. The summed E-state index contributed by atoms with van der Waals surface area (Å²) in [6, 6.07) is 10.4. The Hall–Kier alpha value is -2.40. The van der Waals surface area contributed by atoms with Gasteiger partial charge in [-0.25, -0.2) is 4.79 Å². The van der Waals surface area contributed by atoms with Crippen LogP contribution in [0.5, 0.6) is 0 Å². The first-order valence-corrected chi connectivity index (χ1v) is 6.54. The molecule has 0 radical (unpaired) electrons. The molecule has 1 N–H and O–H groups in total. The second kappa shape index (κ2) is 6.37. The zero-order valence-electron chi connectivity index (χ0n) is 11.0. The van der Waals surface area contributed by atoms with Crippen LogP contribution >= 0.6 is 11.6 Å². The Labute approximate surface area is 125 Å². The Morgan fingerprint density at radius 1 is 1.10 bits per heavy atom. The van der Waals surface area contributed by atoms with Crippen molar-refractivity contribution in [2.24, 2.45) is 0 Å². The van der Waals surface area contributed by atoms with Gasteiger partial charge in [-0.15, -0.1) is 0 Å². The van der Waals surface area contributed by atoms with E-state index in [9.17, 15) is 14.4 Å². The highest BCUT2D eigenvalue weighted by Crippen LogP contribution is 2.13. The topological polar surface area (TPSA) is 76.4 Å². The molecular weight excluding hydrogens is 294 g/mol. The normalized spacial score (nSPS) is 10.3. The minimum atomic E-state index is -1.60. The van der Waals surface area contributed by atoms with Crippen molar-refractivity contribution >= 4 is 29.1 Å². The zero-order chi connectivity index (χ0) is 15.4. The molecule has 0 aliphatic heterocycles. The predicted octanol–water partition coefficient (Wildman–Crippen LogP) is 2.42. The van der Waals surface area contributed by atoms with E-state index >= 15 is 0 Å². The van der Waals surface area contributed by atoms with Crippen LogP contribution in [0.15, 0.2) is 42.6 Å². The van der Waals surface area contributed by atoms with Crippen LogP contribution in [0.3, 0.4) is 0 Å². The molecule has 0 spiro atoms. The second-order valence-electron chi connectivity index (χ2n) is 4.48. The van der Waals surface area contributed by atoms with Crippen molar-refractivity contribution in [3.8, 4) is 0 Å². The standard InChI is InChI=1S/C15H12ClNO4/c16-11-5-3-10(4-6-11)9-17-7-1-2-12(17)13(18)8-14(19)15(20)21/h1-7H,8-9H2,(H,20,21). The number of carboxylic acids is 1. The molecule has 5 nitrogen and oxygen atoms in total. The maximum absolute atomic E-state index is 12.0. The van der Waals surface area contributed by atoms with Crippen molar-refractivity contribution in [2.75, 3.05) is 0 Å². The van der Waals surface area contributed by atoms with E-state index in [1.54, 1.807) is 35.0 Å². The van der Waals surface area contributed by atoms with Gasteiger partial charge in [0.25, 0.3) is 0 Å². The van der Waals surface area contributed by atoms with Gasteiger partial charge in [0.15, 0.2) is 5.78 Å². The Bertz CT molecular complexity index is 688. The van der Waals surface area contributed by atoms with E-state index in [0.29, 0.717) is 17.3 Å². The smallest absolute Gasteiger partial charge is 0.372 e. The van der Waals surface area contributed by atoms with Crippen LogP contribution < -0.4 is 0 Å². The van der Waals surface area contributed by atoms with E-state index in [-0.39, 0.29) is 0 Å². The molecule has 0 amide bonds. The van der Waals surface area contributed by atoms with Crippen LogP contribution in [0.25, 0.3) is 0 Å². The SMILES string of the molecule is O=C(O)C(=O)CC(=O)c1cccn1Cc1ccc(Cl)cc1. The van der Waals surface area contributed by atoms with Gasteiger partial charge >= 0.3 is 5.97 Å². The molecule has 1 heterocycles. The first-order chi connectivity index (χ1) is 9.97. The van der Waals surface area contributed by atoms with Crippen LogP contribution in [0.4, 0.5) is 0 Å². The number of hydrogen-bond acceptors (Lipinski definition) is 3. The van der Waals surface area contributed by atoms with Gasteiger partial charge in [0.2, 0.25) is 5.78 Å². The molecule has 0 fully saturated rings. The minimum Gasteiger partial charge on any atom is -0.475 e. The number of ketones is 2. The molecule has 0 atom stereocenters. The summed E-state index contributed by atoms with van der Waals surface area (Å²) in [6.07, 6.45) is 1.06. The fourth-order valence-corrected chi connectivity index (χ4v) is 2.03. The van der Waals surface area contributed by atoms with Crippen LogP contribution in [0.2, 0.25) is 5.02 Å². The molecule has 2 rings (SSSR count). The average molecular weight is 306 g/mol. The Kier molecular flexibility index (Phi) is 4.55. The van der Waals surface area contributed by atoms with E-state index in [2.05, 4.69) is 0 Å². The summed E-state index contributed by atoms with van der Waals surface area (Å²) in [6.45, 7) is 0.437. The Morgan fingerprint density at radius 2 is 1.76 bits per heavy atom. The third kappa shape index (κ3) is 3.79. The highest BCUT2D eigenvalue weighted by atomic mass is 35.5. The summed E-state index contributed by atoms with van der Waals surface area (Å²) in [7, 11) is 0. The van der Waals surface area contributed by atoms with Gasteiger partial charge in [-0.05, 0) is 29.8 Å². The van der Waals surface area contributed by atoms with E-state index in [0.717, 1.165) is 5.56 Å². The van der Waals surface area contributed by atoms with E-state index in [1.807, 2.05) is 12.1 Å². The number of hydrogen-bond donors (Lipinski definition) is 1. The van der Waals surface area contributed by atoms with Crippen molar-refractivity contribution in [2.45, 2.75) is 13.0 Å². The van der Waals surface area contributed by atoms with E-state index in [4.69, 9.17) is 16.7 Å². The summed E-state index contributed by atoms with van der Waals surface area (Å²) >= 11 is 5.81. The maximum Gasteiger partial charge on any atom is 0.372 e. The Balaban J connectivity index is 2.14. The molecule has 1 aromatic heterocycles. The fourth-order valence-electron chi connectivity index (χ4n) is 1.90. The zero-order valence-corrected chi connectivity index (χ0v) is 11.7. The summed E-state index contributed by atoms with van der Waals surface area (Å²) in [5.74, 6) is -3.22. The first kappa shape index (κ1) is 15.0. The number of aliphatic carboxylic acids is 1. The van der Waals surface area contributed by atoms with Crippen LogP contribution in [0, 0.1) is 0 Å². The lowest BCUT2D eigenvalue weighted by atomic mass is 10.1. The van der Waals surface area contributed by atoms with Crippen LogP contribution in [0.1, 0.15) is 22.5 Å². The molecule has 0 aliphatic rings. The fraction of sp³-hybridized carbons (Fsp3) is 0.133. The summed E-state index contributed by atoms with van der Waals surface area (Å²) in [5.41, 5.74) is 1.24. The molecule has 0 aliphatic carbocycles. The summed E-state index contributed by atoms with van der Waals surface area (Å²) in [5, 5.41) is 9.16. The number of carboxylic acid groups (broad SMARTS) is 1. The number of carbonyl (C=O) groups excluding carboxylic acids is 2. The molecule has 2 aromatic rings. The molecular formula is C15H12ClNO4. The van der Waals surface area contributed by atoms with Crippen molar-refractivity contribution in [1.82, 2.24) is 4.57 Å². The molecule has 0 saturated carbocycles. The number of rotatable bonds is 6. The molecule has 0 bridgehead atoms.